The van der Waals surface area contributed by atoms with Gasteiger partial charge in [0.05, 0.1) is 6.10 Å². The van der Waals surface area contributed by atoms with Gasteiger partial charge in [0.2, 0.25) is 0 Å². The molecule has 0 aromatic rings. The van der Waals surface area contributed by atoms with Gasteiger partial charge >= 0.3 is 0 Å². The Labute approximate surface area is 93.7 Å². The Morgan fingerprint density at radius 3 is 2.53 bits per heavy atom. The van der Waals surface area contributed by atoms with Crippen molar-refractivity contribution in [1.29, 1.82) is 0 Å². The van der Waals surface area contributed by atoms with Gasteiger partial charge in [-0.3, -0.25) is 4.90 Å². The van der Waals surface area contributed by atoms with Gasteiger partial charge in [-0.05, 0) is 51.5 Å². The van der Waals surface area contributed by atoms with Crippen LogP contribution in [0.5, 0.6) is 0 Å². The summed E-state index contributed by atoms with van der Waals surface area (Å²) in [5.41, 5.74) is 0. The van der Waals surface area contributed by atoms with Crippen LogP contribution >= 0.6 is 0 Å². The van der Waals surface area contributed by atoms with Crippen LogP contribution in [0.2, 0.25) is 0 Å². The van der Waals surface area contributed by atoms with Crippen molar-refractivity contribution < 1.29 is 5.11 Å². The minimum absolute atomic E-state index is 0.0216. The fraction of sp³-hybridized carbons (Fsp3) is 1.00. The number of aliphatic hydroxyl groups is 1. The largest absolute Gasteiger partial charge is 0.393 e. The summed E-state index contributed by atoms with van der Waals surface area (Å²) < 4.78 is 0. The van der Waals surface area contributed by atoms with Crippen LogP contribution in [-0.4, -0.2) is 34.7 Å². The van der Waals surface area contributed by atoms with Crippen molar-refractivity contribution in [2.24, 2.45) is 0 Å². The third-order valence-corrected chi connectivity index (χ3v) is 3.87. The second-order valence-corrected chi connectivity index (χ2v) is 5.30. The molecule has 0 saturated heterocycles. The van der Waals surface area contributed by atoms with Crippen LogP contribution in [0, 0.1) is 0 Å². The lowest BCUT2D eigenvalue weighted by atomic mass is 9.91. The average Bonchev–Trinajstić information content (AvgIpc) is 3.03. The molecule has 2 rings (SSSR count). The van der Waals surface area contributed by atoms with Gasteiger partial charge in [0, 0.05) is 12.1 Å². The van der Waals surface area contributed by atoms with Gasteiger partial charge in [-0.15, -0.1) is 0 Å². The molecule has 0 aromatic heterocycles. The van der Waals surface area contributed by atoms with Gasteiger partial charge < -0.3 is 5.11 Å². The first-order valence-corrected chi connectivity index (χ1v) is 6.75. The van der Waals surface area contributed by atoms with Crippen molar-refractivity contribution in [2.45, 2.75) is 76.5 Å². The summed E-state index contributed by atoms with van der Waals surface area (Å²) in [4.78, 5) is 2.70. The molecule has 2 aliphatic carbocycles. The number of unbranched alkanes of at least 4 members (excludes halogenated alkanes) is 1. The van der Waals surface area contributed by atoms with Crippen molar-refractivity contribution in [3.63, 3.8) is 0 Å². The normalized spacial score (nSPS) is 32.2. The smallest absolute Gasteiger partial charge is 0.0555 e. The van der Waals surface area contributed by atoms with Crippen molar-refractivity contribution >= 4 is 0 Å². The lowest BCUT2D eigenvalue weighted by Crippen LogP contribution is -2.42. The van der Waals surface area contributed by atoms with Crippen LogP contribution < -0.4 is 0 Å². The molecule has 0 heterocycles. The average molecular weight is 211 g/mol. The van der Waals surface area contributed by atoms with E-state index in [1.807, 2.05) is 0 Å². The molecule has 0 radical (unpaired) electrons. The Balaban J connectivity index is 1.85. The number of nitrogens with zero attached hydrogens (tertiary/aromatic N) is 1. The maximum Gasteiger partial charge on any atom is 0.0555 e. The van der Waals surface area contributed by atoms with E-state index in [9.17, 15) is 5.11 Å². The SMILES string of the molecule is CCCCN(C1CC1)C1CCCC(O)C1. The quantitative estimate of drug-likeness (QED) is 0.755. The molecule has 15 heavy (non-hydrogen) atoms. The molecule has 88 valence electrons. The van der Waals surface area contributed by atoms with Crippen LogP contribution in [0.3, 0.4) is 0 Å². The molecule has 0 bridgehead atoms. The van der Waals surface area contributed by atoms with Crippen LogP contribution in [-0.2, 0) is 0 Å². The van der Waals surface area contributed by atoms with E-state index in [1.54, 1.807) is 0 Å². The molecule has 2 heteroatoms. The highest BCUT2D eigenvalue weighted by Gasteiger charge is 2.35. The van der Waals surface area contributed by atoms with E-state index in [0.29, 0.717) is 6.04 Å². The zero-order chi connectivity index (χ0) is 10.7. The Morgan fingerprint density at radius 1 is 1.13 bits per heavy atom. The van der Waals surface area contributed by atoms with Crippen LogP contribution in [0.1, 0.15) is 58.3 Å². The minimum Gasteiger partial charge on any atom is -0.393 e. The van der Waals surface area contributed by atoms with Gasteiger partial charge in [-0.1, -0.05) is 13.3 Å². The summed E-state index contributed by atoms with van der Waals surface area (Å²) >= 11 is 0. The number of aliphatic hydroxyl groups excluding tert-OH is 1. The molecule has 2 saturated carbocycles. The van der Waals surface area contributed by atoms with Crippen LogP contribution in [0.4, 0.5) is 0 Å². The summed E-state index contributed by atoms with van der Waals surface area (Å²) in [6.45, 7) is 3.53. The molecule has 0 aromatic carbocycles. The van der Waals surface area contributed by atoms with Gasteiger partial charge in [0.1, 0.15) is 0 Å². The Morgan fingerprint density at radius 2 is 1.93 bits per heavy atom. The van der Waals surface area contributed by atoms with Crippen molar-refractivity contribution in [3.8, 4) is 0 Å². The zero-order valence-electron chi connectivity index (χ0n) is 9.99. The third-order valence-electron chi connectivity index (χ3n) is 3.87. The van der Waals surface area contributed by atoms with Gasteiger partial charge in [0.25, 0.3) is 0 Å². The van der Waals surface area contributed by atoms with Crippen LogP contribution in [0.25, 0.3) is 0 Å². The number of hydrogen-bond acceptors (Lipinski definition) is 2. The minimum atomic E-state index is -0.0216. The van der Waals surface area contributed by atoms with E-state index in [2.05, 4.69) is 11.8 Å². The monoisotopic (exact) mass is 211 g/mol. The van der Waals surface area contributed by atoms with E-state index in [0.717, 1.165) is 18.9 Å². The van der Waals surface area contributed by atoms with E-state index < -0.39 is 0 Å². The summed E-state index contributed by atoms with van der Waals surface area (Å²) in [5.74, 6) is 0. The second-order valence-electron chi connectivity index (χ2n) is 5.30. The summed E-state index contributed by atoms with van der Waals surface area (Å²) in [7, 11) is 0. The maximum atomic E-state index is 9.73. The fourth-order valence-electron chi connectivity index (χ4n) is 2.85. The Bertz CT molecular complexity index is 191. The molecule has 2 nitrogen and oxygen atoms in total. The summed E-state index contributed by atoms with van der Waals surface area (Å²) in [6.07, 6.45) is 9.99. The summed E-state index contributed by atoms with van der Waals surface area (Å²) in [5, 5.41) is 9.73. The highest BCUT2D eigenvalue weighted by Crippen LogP contribution is 2.33. The Kier molecular flexibility index (Phi) is 4.04. The molecule has 0 aliphatic heterocycles. The molecule has 2 atom stereocenters. The Hall–Kier alpha value is -0.0800. The van der Waals surface area contributed by atoms with Crippen molar-refractivity contribution in [2.75, 3.05) is 6.54 Å². The maximum absolute atomic E-state index is 9.73. The van der Waals surface area contributed by atoms with Gasteiger partial charge in [0.15, 0.2) is 0 Å². The first-order valence-electron chi connectivity index (χ1n) is 6.75. The lowest BCUT2D eigenvalue weighted by molar-refractivity contribution is 0.0572. The van der Waals surface area contributed by atoms with E-state index in [4.69, 9.17) is 0 Å². The zero-order valence-corrected chi connectivity index (χ0v) is 9.99. The standard InChI is InChI=1S/C13H25NO/c1-2-3-9-14(11-7-8-11)12-5-4-6-13(15)10-12/h11-13,15H,2-10H2,1H3. The van der Waals surface area contributed by atoms with E-state index in [1.165, 1.54) is 45.1 Å². The molecule has 0 amide bonds. The molecule has 2 fully saturated rings. The fourth-order valence-corrected chi connectivity index (χ4v) is 2.85. The first-order chi connectivity index (χ1) is 7.31. The molecule has 2 aliphatic rings. The van der Waals surface area contributed by atoms with Crippen molar-refractivity contribution in [1.82, 2.24) is 4.90 Å². The second kappa shape index (κ2) is 5.31. The third kappa shape index (κ3) is 3.18. The predicted molar refractivity (Wildman–Crippen MR) is 62.9 cm³/mol. The van der Waals surface area contributed by atoms with E-state index >= 15 is 0 Å². The topological polar surface area (TPSA) is 23.5 Å². The molecular weight excluding hydrogens is 186 g/mol. The van der Waals surface area contributed by atoms with Gasteiger partial charge in [-0.25, -0.2) is 0 Å². The lowest BCUT2D eigenvalue weighted by Gasteiger charge is -2.36. The molecule has 0 spiro atoms. The molecule has 1 N–H and O–H groups in total. The first kappa shape index (κ1) is 11.4. The van der Waals surface area contributed by atoms with Gasteiger partial charge in [-0.2, -0.15) is 0 Å². The van der Waals surface area contributed by atoms with Crippen molar-refractivity contribution in [3.05, 3.63) is 0 Å². The molecular formula is C13H25NO. The van der Waals surface area contributed by atoms with E-state index in [-0.39, 0.29) is 6.10 Å². The number of rotatable bonds is 5. The summed E-state index contributed by atoms with van der Waals surface area (Å²) in [6, 6.07) is 1.56. The molecule has 2 unspecified atom stereocenters. The van der Waals surface area contributed by atoms with Crippen LogP contribution in [0.15, 0.2) is 0 Å². The predicted octanol–water partition coefficient (Wildman–Crippen LogP) is 2.55. The highest BCUT2D eigenvalue weighted by atomic mass is 16.3. The highest BCUT2D eigenvalue weighted by molar-refractivity contribution is 4.91. The number of hydrogen-bond donors (Lipinski definition) is 1.